The summed E-state index contributed by atoms with van der Waals surface area (Å²) in [6.45, 7) is 0. The van der Waals surface area contributed by atoms with Gasteiger partial charge in [-0.05, 0) is 68.3 Å². The van der Waals surface area contributed by atoms with E-state index in [1.807, 2.05) is 0 Å². The first kappa shape index (κ1) is 25.5. The van der Waals surface area contributed by atoms with E-state index in [0.29, 0.717) is 0 Å². The average Bonchev–Trinajstić information content (AvgIpc) is 3.82. The summed E-state index contributed by atoms with van der Waals surface area (Å²) >= 11 is 0. The maximum Gasteiger partial charge on any atom is 0.197 e. The highest BCUT2D eigenvalue weighted by molar-refractivity contribution is 6.74. The van der Waals surface area contributed by atoms with Crippen LogP contribution in [-0.2, 0) is 0 Å². The summed E-state index contributed by atoms with van der Waals surface area (Å²) in [5, 5.41) is 10.0. The molecule has 4 heterocycles. The largest absolute Gasteiger partial charge is 0.456 e. The molecule has 4 heteroatoms. The molecule has 0 bridgehead atoms. The summed E-state index contributed by atoms with van der Waals surface area (Å²) in [5.74, 6) is 0. The lowest BCUT2D eigenvalue weighted by Crippen LogP contribution is -2.37. The number of furan rings is 1. The Hall–Kier alpha value is -6.52. The molecular weight excluding hydrogens is 607 g/mol. The van der Waals surface area contributed by atoms with Gasteiger partial charge in [-0.3, -0.25) is 0 Å². The van der Waals surface area contributed by atoms with E-state index in [1.165, 1.54) is 87.8 Å². The molecule has 8 aromatic carbocycles. The van der Waals surface area contributed by atoms with Gasteiger partial charge in [-0.25, -0.2) is 0 Å². The van der Waals surface area contributed by atoms with Gasteiger partial charge < -0.3 is 14.0 Å². The SMILES string of the molecule is [B]1c2c(-c3cccc4c3[nH]c3ccccc34)cc3oc4ccccc4c3c2-n2c3cccc4c3c3c5c(cccc5cc1c32)-c1ccccc1-4. The molecule has 0 unspecified atom stereocenters. The van der Waals surface area contributed by atoms with E-state index in [2.05, 4.69) is 156 Å². The Bertz CT molecular complexity index is 3360. The van der Waals surface area contributed by atoms with E-state index >= 15 is 0 Å². The summed E-state index contributed by atoms with van der Waals surface area (Å²) in [4.78, 5) is 3.79. The molecule has 11 aromatic rings. The summed E-state index contributed by atoms with van der Waals surface area (Å²) < 4.78 is 9.33. The molecule has 0 saturated heterocycles. The van der Waals surface area contributed by atoms with Gasteiger partial charge in [-0.15, -0.1) is 0 Å². The Morgan fingerprint density at radius 2 is 1.20 bits per heavy atom. The standard InChI is InChI=1S/C46H24BN2O/c1-2-12-26-25(11-1)28-15-7-10-24-22-34-45-42(39(24)28)40-29(26)16-9-20-36(40)49(45)46-41-32-14-4-6-21-37(32)50-38(41)23-33(43(46)47-34)31-18-8-17-30-27-13-3-5-19-35(27)48-44(30)31/h1-23,48H. The van der Waals surface area contributed by atoms with Gasteiger partial charge in [-0.2, -0.15) is 0 Å². The molecule has 0 spiro atoms. The van der Waals surface area contributed by atoms with Crippen molar-refractivity contribution in [2.75, 3.05) is 0 Å². The molecule has 227 valence electrons. The second kappa shape index (κ2) is 8.74. The third kappa shape index (κ3) is 2.92. The molecule has 1 radical (unpaired) electrons. The van der Waals surface area contributed by atoms with E-state index in [1.54, 1.807) is 0 Å². The van der Waals surface area contributed by atoms with Gasteiger partial charge in [0.2, 0.25) is 0 Å². The van der Waals surface area contributed by atoms with Crippen molar-refractivity contribution in [3.8, 4) is 39.1 Å². The fourth-order valence-corrected chi connectivity index (χ4v) is 9.54. The smallest absolute Gasteiger partial charge is 0.197 e. The van der Waals surface area contributed by atoms with Crippen molar-refractivity contribution in [2.45, 2.75) is 0 Å². The van der Waals surface area contributed by atoms with Crippen LogP contribution in [0.5, 0.6) is 0 Å². The van der Waals surface area contributed by atoms with E-state index < -0.39 is 0 Å². The lowest BCUT2D eigenvalue weighted by atomic mass is 9.58. The zero-order valence-electron chi connectivity index (χ0n) is 26.7. The minimum atomic E-state index is 0.898. The first-order chi connectivity index (χ1) is 24.8. The second-order valence-corrected chi connectivity index (χ2v) is 13.9. The second-order valence-electron chi connectivity index (χ2n) is 13.9. The predicted molar refractivity (Wildman–Crippen MR) is 210 cm³/mol. The fraction of sp³-hybridized carbons (Fsp3) is 0. The van der Waals surface area contributed by atoms with Crippen molar-refractivity contribution in [1.29, 1.82) is 0 Å². The minimum Gasteiger partial charge on any atom is -0.456 e. The molecule has 1 aliphatic heterocycles. The van der Waals surface area contributed by atoms with E-state index in [9.17, 15) is 0 Å². The predicted octanol–water partition coefficient (Wildman–Crippen LogP) is 10.8. The summed E-state index contributed by atoms with van der Waals surface area (Å²) in [6, 6.07) is 51.1. The topological polar surface area (TPSA) is 33.9 Å². The van der Waals surface area contributed by atoms with Gasteiger partial charge in [0, 0.05) is 43.5 Å². The maximum absolute atomic E-state index is 6.76. The van der Waals surface area contributed by atoms with Crippen molar-refractivity contribution in [1.82, 2.24) is 9.55 Å². The van der Waals surface area contributed by atoms with Crippen LogP contribution in [0.25, 0.3) is 115 Å². The van der Waals surface area contributed by atoms with Crippen LogP contribution in [0, 0.1) is 0 Å². The number of benzene rings is 8. The molecule has 3 nitrogen and oxygen atoms in total. The number of rotatable bonds is 1. The number of para-hydroxylation sites is 3. The third-order valence-electron chi connectivity index (χ3n) is 11.5. The van der Waals surface area contributed by atoms with E-state index in [0.717, 1.165) is 38.5 Å². The van der Waals surface area contributed by atoms with Gasteiger partial charge >= 0.3 is 0 Å². The zero-order chi connectivity index (χ0) is 32.2. The summed E-state index contributed by atoms with van der Waals surface area (Å²) in [6.07, 6.45) is 0. The van der Waals surface area contributed by atoms with Gasteiger partial charge in [0.15, 0.2) is 7.28 Å². The van der Waals surface area contributed by atoms with E-state index in [-0.39, 0.29) is 0 Å². The van der Waals surface area contributed by atoms with E-state index in [4.69, 9.17) is 4.42 Å². The fourth-order valence-electron chi connectivity index (χ4n) is 9.54. The monoisotopic (exact) mass is 631 g/mol. The summed E-state index contributed by atoms with van der Waals surface area (Å²) in [5.41, 5.74) is 17.7. The highest BCUT2D eigenvalue weighted by Crippen LogP contribution is 2.51. The highest BCUT2D eigenvalue weighted by atomic mass is 16.3. The van der Waals surface area contributed by atoms with Crippen LogP contribution in [0.4, 0.5) is 0 Å². The van der Waals surface area contributed by atoms with Crippen molar-refractivity contribution in [3.05, 3.63) is 140 Å². The van der Waals surface area contributed by atoms with Crippen LogP contribution in [0.2, 0.25) is 0 Å². The molecule has 13 rings (SSSR count). The van der Waals surface area contributed by atoms with Crippen LogP contribution < -0.4 is 10.9 Å². The van der Waals surface area contributed by atoms with Crippen LogP contribution in [0.1, 0.15) is 0 Å². The van der Waals surface area contributed by atoms with Crippen LogP contribution >= 0.6 is 0 Å². The molecule has 50 heavy (non-hydrogen) atoms. The number of aromatic nitrogens is 2. The van der Waals surface area contributed by atoms with Gasteiger partial charge in [0.1, 0.15) is 11.2 Å². The first-order valence-corrected chi connectivity index (χ1v) is 17.3. The van der Waals surface area contributed by atoms with Crippen molar-refractivity contribution >= 4 is 94.5 Å². The Morgan fingerprint density at radius 3 is 2.10 bits per heavy atom. The molecule has 1 N–H and O–H groups in total. The van der Waals surface area contributed by atoms with Gasteiger partial charge in [0.05, 0.1) is 22.1 Å². The van der Waals surface area contributed by atoms with Crippen molar-refractivity contribution < 1.29 is 4.42 Å². The Labute approximate surface area is 286 Å². The number of aromatic amines is 1. The number of hydrogen-bond donors (Lipinski definition) is 1. The summed E-state index contributed by atoms with van der Waals surface area (Å²) in [7, 11) is 2.45. The average molecular weight is 632 g/mol. The molecule has 0 amide bonds. The minimum absolute atomic E-state index is 0.898. The van der Waals surface area contributed by atoms with Crippen LogP contribution in [0.15, 0.2) is 144 Å². The number of nitrogens with one attached hydrogen (secondary N) is 1. The molecular formula is C46H24BN2O. The number of fused-ring (bicyclic) bond motifs is 13. The molecule has 0 atom stereocenters. The lowest BCUT2D eigenvalue weighted by Gasteiger charge is -2.25. The Morgan fingerprint density at radius 1 is 0.500 bits per heavy atom. The lowest BCUT2D eigenvalue weighted by molar-refractivity contribution is 0.669. The number of nitrogens with zero attached hydrogens (tertiary/aromatic N) is 1. The van der Waals surface area contributed by atoms with Crippen molar-refractivity contribution in [3.63, 3.8) is 0 Å². The Balaban J connectivity index is 1.27. The molecule has 0 fully saturated rings. The molecule has 0 saturated carbocycles. The highest BCUT2D eigenvalue weighted by Gasteiger charge is 2.33. The van der Waals surface area contributed by atoms with Crippen LogP contribution in [-0.4, -0.2) is 16.8 Å². The number of hydrogen-bond acceptors (Lipinski definition) is 1. The molecule has 1 aliphatic carbocycles. The first-order valence-electron chi connectivity index (χ1n) is 17.3. The zero-order valence-corrected chi connectivity index (χ0v) is 26.7. The molecule has 3 aromatic heterocycles. The quantitative estimate of drug-likeness (QED) is 0.180. The normalized spacial score (nSPS) is 13.0. The van der Waals surface area contributed by atoms with Crippen molar-refractivity contribution in [2.24, 2.45) is 0 Å². The Kier molecular flexibility index (Phi) is 4.45. The third-order valence-corrected chi connectivity index (χ3v) is 11.5. The number of H-pyrrole nitrogens is 1. The molecule has 2 aliphatic rings. The van der Waals surface area contributed by atoms with Gasteiger partial charge in [0.25, 0.3) is 0 Å². The van der Waals surface area contributed by atoms with Gasteiger partial charge in [-0.1, -0.05) is 121 Å². The maximum atomic E-state index is 6.76. The van der Waals surface area contributed by atoms with Crippen LogP contribution in [0.3, 0.4) is 0 Å².